The molecule has 0 radical (unpaired) electrons. The summed E-state index contributed by atoms with van der Waals surface area (Å²) in [6, 6.07) is 0. The molecule has 0 aromatic heterocycles. The van der Waals surface area contributed by atoms with Gasteiger partial charge in [0.15, 0.2) is 0 Å². The van der Waals surface area contributed by atoms with E-state index >= 15 is 0 Å². The molecular weight excluding hydrogens is 212 g/mol. The van der Waals surface area contributed by atoms with Gasteiger partial charge in [0.2, 0.25) is 0 Å². The largest absolute Gasteiger partial charge is 2.00 e. The van der Waals surface area contributed by atoms with Crippen LogP contribution in [0.3, 0.4) is 0 Å². The molecule has 68 valence electrons. The van der Waals surface area contributed by atoms with E-state index in [1.54, 1.807) is 0 Å². The van der Waals surface area contributed by atoms with E-state index in [1.807, 2.05) is 0 Å². The third kappa shape index (κ3) is 7350. The molecule has 8 nitrogen and oxygen atoms in total. The van der Waals surface area contributed by atoms with E-state index in [0.717, 1.165) is 0 Å². The van der Waals surface area contributed by atoms with Crippen LogP contribution >= 0.6 is 0 Å². The van der Waals surface area contributed by atoms with Crippen LogP contribution in [0, 0.1) is 0 Å². The maximum Gasteiger partial charge on any atom is 2.00 e. The topological polar surface area (TPSA) is 206 Å². The van der Waals surface area contributed by atoms with Gasteiger partial charge in [0.05, 0.1) is 0 Å². The first-order valence-corrected chi connectivity index (χ1v) is 2.00. The van der Waals surface area contributed by atoms with Crippen molar-refractivity contribution in [3.8, 4) is 0 Å². The number of hydrogen-bond acceptors (Lipinski definition) is 4. The summed E-state index contributed by atoms with van der Waals surface area (Å²) < 4.78 is 34.1. The van der Waals surface area contributed by atoms with E-state index in [-0.39, 0.29) is 39.3 Å². The van der Waals surface area contributed by atoms with Gasteiger partial charge < -0.3 is 31.0 Å². The maximum absolute atomic E-state index is 8.52. The van der Waals surface area contributed by atoms with Gasteiger partial charge in [-0.1, -0.05) is 0 Å². The second kappa shape index (κ2) is 16.1. The summed E-state index contributed by atoms with van der Waals surface area (Å²) in [5.41, 5.74) is 0. The molecule has 0 unspecified atom stereocenters. The molecule has 0 amide bonds. The quantitative estimate of drug-likeness (QED) is 0.291. The summed E-state index contributed by atoms with van der Waals surface area (Å²) in [5.74, 6) is 0. The summed E-state index contributed by atoms with van der Waals surface area (Å²) >= 11 is 0. The van der Waals surface area contributed by atoms with Gasteiger partial charge in [0, 0.05) is 10.4 Å². The van der Waals surface area contributed by atoms with Gasteiger partial charge >= 0.3 is 17.4 Å². The summed E-state index contributed by atoms with van der Waals surface area (Å²) in [6.45, 7) is 0. The van der Waals surface area contributed by atoms with Crippen LogP contribution in [0.15, 0.2) is 0 Å². The van der Waals surface area contributed by atoms with Crippen LogP contribution in [0.4, 0.5) is 0 Å². The molecule has 0 fully saturated rings. The molecule has 0 heterocycles. The zero-order chi connectivity index (χ0) is 4.50. The van der Waals surface area contributed by atoms with Crippen LogP contribution in [0.1, 0.15) is 0 Å². The van der Waals surface area contributed by atoms with Crippen LogP contribution in [0.5, 0.6) is 0 Å². The molecule has 10 heteroatoms. The van der Waals surface area contributed by atoms with Crippen LogP contribution in [0.25, 0.3) is 0 Å². The zero-order valence-electron chi connectivity index (χ0n) is 4.45. The molecule has 0 atom stereocenters. The van der Waals surface area contributed by atoms with Crippen LogP contribution < -0.4 is 0 Å². The fourth-order valence-electron chi connectivity index (χ4n) is 0. The van der Waals surface area contributed by atoms with Gasteiger partial charge in [-0.2, -0.15) is 0 Å². The summed E-state index contributed by atoms with van der Waals surface area (Å²) in [7, 11) is -5.17. The van der Waals surface area contributed by atoms with Crippen molar-refractivity contribution in [1.29, 1.82) is 0 Å². The second-order valence-electron chi connectivity index (χ2n) is 0.408. The van der Waals surface area contributed by atoms with Gasteiger partial charge in [-0.15, -0.1) is 0 Å². The zero-order valence-corrected chi connectivity index (χ0v) is 6.54. The predicted molar refractivity (Wildman–Crippen MR) is 24.9 cm³/mol. The van der Waals surface area contributed by atoms with Crippen molar-refractivity contribution in [3.63, 3.8) is 0 Å². The SMILES string of the molecule is O.O.O.O.O=S(=O)([O-])[O-].[Cr+2]. The normalized spacial score (nSPS) is 5.80. The van der Waals surface area contributed by atoms with Gasteiger partial charge in [0.25, 0.3) is 0 Å². The minimum absolute atomic E-state index is 0. The van der Waals surface area contributed by atoms with Gasteiger partial charge in [-0.3, -0.25) is 8.42 Å². The van der Waals surface area contributed by atoms with E-state index in [4.69, 9.17) is 17.5 Å². The fraction of sp³-hybridized carbons (Fsp3) is 0. The third-order valence-electron chi connectivity index (χ3n) is 0. The van der Waals surface area contributed by atoms with Crippen molar-refractivity contribution in [3.05, 3.63) is 0 Å². The first-order chi connectivity index (χ1) is 2.00. The van der Waals surface area contributed by atoms with Gasteiger partial charge in [-0.25, -0.2) is 0 Å². The molecule has 0 aliphatic heterocycles. The fourth-order valence-corrected chi connectivity index (χ4v) is 0. The molecule has 8 N–H and O–H groups in total. The average molecular weight is 220 g/mol. The molecule has 0 bridgehead atoms. The summed E-state index contributed by atoms with van der Waals surface area (Å²) in [4.78, 5) is 0. The van der Waals surface area contributed by atoms with Crippen molar-refractivity contribution in [2.75, 3.05) is 0 Å². The van der Waals surface area contributed by atoms with Gasteiger partial charge in [0.1, 0.15) is 0 Å². The molecule has 0 rings (SSSR count). The third-order valence-corrected chi connectivity index (χ3v) is 0. The van der Waals surface area contributed by atoms with Crippen molar-refractivity contribution < 1.29 is 56.8 Å². The van der Waals surface area contributed by atoms with E-state index in [9.17, 15) is 0 Å². The summed E-state index contributed by atoms with van der Waals surface area (Å²) in [6.07, 6.45) is 0. The van der Waals surface area contributed by atoms with E-state index in [0.29, 0.717) is 0 Å². The Balaban J connectivity index is -0.00000000800. The molecule has 0 aromatic carbocycles. The number of rotatable bonds is 0. The first-order valence-electron chi connectivity index (χ1n) is 0.667. The smallest absolute Gasteiger partial charge is 0.759 e. The van der Waals surface area contributed by atoms with Crippen LogP contribution in [-0.2, 0) is 27.8 Å². The molecule has 0 aliphatic carbocycles. The Morgan fingerprint density at radius 2 is 0.800 bits per heavy atom. The van der Waals surface area contributed by atoms with Crippen molar-refractivity contribution >= 4 is 10.4 Å². The molecule has 0 saturated carbocycles. The predicted octanol–water partition coefficient (Wildman–Crippen LogP) is -4.64. The molecule has 0 spiro atoms. The van der Waals surface area contributed by atoms with Crippen molar-refractivity contribution in [2.24, 2.45) is 0 Å². The average Bonchev–Trinajstić information content (AvgIpc) is 0.722. The molecule has 0 saturated heterocycles. The Labute approximate surface area is 67.8 Å². The summed E-state index contributed by atoms with van der Waals surface area (Å²) in [5, 5.41) is 0. The van der Waals surface area contributed by atoms with Crippen molar-refractivity contribution in [2.45, 2.75) is 0 Å². The molecule has 0 aliphatic rings. The Bertz CT molecular complexity index is 92.4. The Hall–Kier alpha value is 0.242. The van der Waals surface area contributed by atoms with Crippen LogP contribution in [-0.4, -0.2) is 39.4 Å². The Morgan fingerprint density at radius 1 is 0.800 bits per heavy atom. The molecular formula is H8CrO8S. The van der Waals surface area contributed by atoms with Crippen molar-refractivity contribution in [1.82, 2.24) is 0 Å². The minimum Gasteiger partial charge on any atom is -0.759 e. The monoisotopic (exact) mass is 220 g/mol. The molecule has 10 heavy (non-hydrogen) atoms. The first kappa shape index (κ1) is 48.6. The Morgan fingerprint density at radius 3 is 0.800 bits per heavy atom. The van der Waals surface area contributed by atoms with Crippen LogP contribution in [0.2, 0.25) is 0 Å². The van der Waals surface area contributed by atoms with E-state index in [2.05, 4.69) is 0 Å². The van der Waals surface area contributed by atoms with E-state index < -0.39 is 10.4 Å². The van der Waals surface area contributed by atoms with E-state index in [1.165, 1.54) is 0 Å². The standard InChI is InChI=1S/Cr.H2O4S.4H2O/c;1-5(2,3)4;;;;/h;(H2,1,2,3,4);4*1H2/q+2;;;;;/p-2. The van der Waals surface area contributed by atoms with Gasteiger partial charge in [-0.05, 0) is 0 Å². The number of hydrogen-bond donors (Lipinski definition) is 0. The maximum atomic E-state index is 8.52. The second-order valence-corrected chi connectivity index (χ2v) is 1.22. The minimum atomic E-state index is -5.17. The molecule has 0 aromatic rings. The Kier molecular flexibility index (Phi) is 78.3.